The van der Waals surface area contributed by atoms with Gasteiger partial charge in [-0.15, -0.1) is 0 Å². The molecule has 0 bridgehead atoms. The highest BCUT2D eigenvalue weighted by molar-refractivity contribution is 5.75. The molecule has 1 nitrogen and oxygen atoms in total. The first-order valence-corrected chi connectivity index (χ1v) is 10.2. The lowest BCUT2D eigenvalue weighted by atomic mass is 9.79. The lowest BCUT2D eigenvalue weighted by molar-refractivity contribution is -0.661. The fourth-order valence-corrected chi connectivity index (χ4v) is 3.79. The van der Waals surface area contributed by atoms with Crippen molar-refractivity contribution >= 4 is 0 Å². The van der Waals surface area contributed by atoms with Crippen LogP contribution in [0.25, 0.3) is 22.4 Å². The summed E-state index contributed by atoms with van der Waals surface area (Å²) >= 11 is 0. The highest BCUT2D eigenvalue weighted by Gasteiger charge is 2.24. The first-order valence-electron chi connectivity index (χ1n) is 10.2. The molecule has 1 heteroatoms. The zero-order valence-electron chi connectivity index (χ0n) is 18.7. The molecule has 0 unspecified atom stereocenters. The van der Waals surface area contributed by atoms with Crippen molar-refractivity contribution < 1.29 is 4.57 Å². The fourth-order valence-electron chi connectivity index (χ4n) is 3.79. The highest BCUT2D eigenvalue weighted by atomic mass is 14.9. The number of benzene rings is 2. The first kappa shape index (κ1) is 20.3. The fraction of sp³-hybridized carbons (Fsp3) is 0.370. The first-order chi connectivity index (χ1) is 13.0. The summed E-state index contributed by atoms with van der Waals surface area (Å²) in [6.45, 7) is 15.9. The Hall–Kier alpha value is -2.41. The van der Waals surface area contributed by atoms with Crippen molar-refractivity contribution in [1.29, 1.82) is 0 Å². The van der Waals surface area contributed by atoms with Crippen LogP contribution in [0.3, 0.4) is 0 Å². The number of aryl methyl sites for hydroxylation is 2. The van der Waals surface area contributed by atoms with Gasteiger partial charge in [-0.1, -0.05) is 77.9 Å². The summed E-state index contributed by atoms with van der Waals surface area (Å²) in [4.78, 5) is 0. The third-order valence-electron chi connectivity index (χ3n) is 5.53. The van der Waals surface area contributed by atoms with Gasteiger partial charge in [-0.05, 0) is 52.1 Å². The van der Waals surface area contributed by atoms with Crippen LogP contribution in [0.1, 0.15) is 58.2 Å². The predicted molar refractivity (Wildman–Crippen MR) is 121 cm³/mol. The van der Waals surface area contributed by atoms with Crippen LogP contribution in [0.15, 0.2) is 60.8 Å². The van der Waals surface area contributed by atoms with Gasteiger partial charge in [-0.2, -0.15) is 0 Å². The Bertz CT molecular complexity index is 983. The van der Waals surface area contributed by atoms with E-state index in [9.17, 15) is 0 Å². The van der Waals surface area contributed by atoms with E-state index in [1.807, 2.05) is 0 Å². The molecule has 0 saturated heterocycles. The zero-order valence-corrected chi connectivity index (χ0v) is 18.7. The second kappa shape index (κ2) is 7.20. The molecule has 0 fully saturated rings. The molecule has 3 rings (SSSR count). The summed E-state index contributed by atoms with van der Waals surface area (Å²) in [5.41, 5.74) is 9.47. The van der Waals surface area contributed by atoms with Crippen LogP contribution < -0.4 is 4.57 Å². The van der Waals surface area contributed by atoms with E-state index in [2.05, 4.69) is 121 Å². The SMILES string of the molecule is Cc1cc(-c2ccccc2)c(C(C)(C)C)cc1-c1ccc(C(C)(C)C)c[n+]1C. The largest absolute Gasteiger partial charge is 0.212 e. The van der Waals surface area contributed by atoms with Gasteiger partial charge in [0.15, 0.2) is 6.20 Å². The normalized spacial score (nSPS) is 12.3. The molecular weight excluding hydrogens is 338 g/mol. The molecular formula is C27H34N+. The molecule has 0 aliphatic heterocycles. The summed E-state index contributed by atoms with van der Waals surface area (Å²) in [5.74, 6) is 0. The molecule has 28 heavy (non-hydrogen) atoms. The highest BCUT2D eigenvalue weighted by Crippen LogP contribution is 2.37. The second-order valence-corrected chi connectivity index (χ2v) is 9.99. The van der Waals surface area contributed by atoms with Gasteiger partial charge >= 0.3 is 0 Å². The van der Waals surface area contributed by atoms with E-state index < -0.39 is 0 Å². The predicted octanol–water partition coefficient (Wildman–Crippen LogP) is 6.75. The minimum atomic E-state index is 0.0670. The van der Waals surface area contributed by atoms with Crippen molar-refractivity contribution in [3.8, 4) is 22.4 Å². The third-order valence-corrected chi connectivity index (χ3v) is 5.53. The molecule has 0 aliphatic rings. The van der Waals surface area contributed by atoms with E-state index in [0.717, 1.165) is 0 Å². The number of nitrogens with zero attached hydrogens (tertiary/aromatic N) is 1. The van der Waals surface area contributed by atoms with E-state index in [1.165, 1.54) is 39.1 Å². The second-order valence-electron chi connectivity index (χ2n) is 9.99. The molecule has 0 N–H and O–H groups in total. The van der Waals surface area contributed by atoms with Crippen molar-refractivity contribution in [2.24, 2.45) is 7.05 Å². The lowest BCUT2D eigenvalue weighted by Gasteiger charge is -2.25. The van der Waals surface area contributed by atoms with Gasteiger partial charge in [-0.25, -0.2) is 4.57 Å². The van der Waals surface area contributed by atoms with Crippen LogP contribution in [-0.4, -0.2) is 0 Å². The average Bonchev–Trinajstić information content (AvgIpc) is 2.61. The Balaban J connectivity index is 2.21. The Morgan fingerprint density at radius 2 is 1.36 bits per heavy atom. The average molecular weight is 373 g/mol. The maximum atomic E-state index is 2.41. The van der Waals surface area contributed by atoms with Crippen molar-refractivity contribution in [3.63, 3.8) is 0 Å². The van der Waals surface area contributed by atoms with Crippen LogP contribution in [0.5, 0.6) is 0 Å². The van der Waals surface area contributed by atoms with Crippen LogP contribution >= 0.6 is 0 Å². The maximum absolute atomic E-state index is 2.41. The van der Waals surface area contributed by atoms with Crippen LogP contribution in [0.2, 0.25) is 0 Å². The van der Waals surface area contributed by atoms with Crippen molar-refractivity contribution in [3.05, 3.63) is 77.5 Å². The summed E-state index contributed by atoms with van der Waals surface area (Å²) in [5, 5.41) is 0. The number of pyridine rings is 1. The molecule has 0 saturated carbocycles. The smallest absolute Gasteiger partial charge is 0.201 e. The molecule has 1 heterocycles. The summed E-state index contributed by atoms with van der Waals surface area (Å²) in [7, 11) is 2.16. The molecule has 3 aromatic rings. The number of hydrogen-bond donors (Lipinski definition) is 0. The van der Waals surface area contributed by atoms with Gasteiger partial charge in [0.2, 0.25) is 5.69 Å². The number of rotatable bonds is 2. The summed E-state index contributed by atoms with van der Waals surface area (Å²) in [6.07, 6.45) is 2.27. The molecule has 2 aromatic carbocycles. The molecule has 1 aromatic heterocycles. The van der Waals surface area contributed by atoms with Crippen LogP contribution in [0.4, 0.5) is 0 Å². The van der Waals surface area contributed by atoms with E-state index in [1.54, 1.807) is 0 Å². The topological polar surface area (TPSA) is 3.88 Å². The summed E-state index contributed by atoms with van der Waals surface area (Å²) in [6, 6.07) is 20.1. The van der Waals surface area contributed by atoms with Gasteiger partial charge in [0, 0.05) is 17.2 Å². The van der Waals surface area contributed by atoms with E-state index in [4.69, 9.17) is 0 Å². The van der Waals surface area contributed by atoms with Gasteiger partial charge in [0.1, 0.15) is 7.05 Å². The zero-order chi connectivity index (χ0) is 20.7. The molecule has 0 atom stereocenters. The maximum Gasteiger partial charge on any atom is 0.212 e. The van der Waals surface area contributed by atoms with E-state index >= 15 is 0 Å². The van der Waals surface area contributed by atoms with E-state index in [-0.39, 0.29) is 10.8 Å². The van der Waals surface area contributed by atoms with Gasteiger partial charge in [-0.3, -0.25) is 0 Å². The minimum absolute atomic E-state index is 0.0670. The molecule has 146 valence electrons. The molecule has 0 spiro atoms. The van der Waals surface area contributed by atoms with Crippen molar-refractivity contribution in [1.82, 2.24) is 0 Å². The molecule has 0 aliphatic carbocycles. The standard InChI is InChI=1S/C27H34N/c1-19-16-23(20-12-10-9-11-13-20)24(27(5,6)7)17-22(19)25-15-14-21(18-28(25)8)26(2,3)4/h9-18H,1-8H3/q+1. The van der Waals surface area contributed by atoms with Gasteiger partial charge in [0.05, 0.1) is 0 Å². The van der Waals surface area contributed by atoms with Crippen molar-refractivity contribution in [2.75, 3.05) is 0 Å². The van der Waals surface area contributed by atoms with Crippen LogP contribution in [-0.2, 0) is 17.9 Å². The number of aromatic nitrogens is 1. The monoisotopic (exact) mass is 372 g/mol. The Kier molecular flexibility index (Phi) is 5.23. The minimum Gasteiger partial charge on any atom is -0.201 e. The lowest BCUT2D eigenvalue weighted by Crippen LogP contribution is -2.33. The van der Waals surface area contributed by atoms with Gasteiger partial charge < -0.3 is 0 Å². The van der Waals surface area contributed by atoms with Gasteiger partial charge in [0.25, 0.3) is 0 Å². The Morgan fingerprint density at radius 3 is 1.89 bits per heavy atom. The Labute approximate surface area is 171 Å². The quantitative estimate of drug-likeness (QED) is 0.438. The molecule has 0 amide bonds. The van der Waals surface area contributed by atoms with Crippen LogP contribution in [0, 0.1) is 6.92 Å². The number of hydrogen-bond acceptors (Lipinski definition) is 0. The third kappa shape index (κ3) is 4.04. The molecule has 0 radical (unpaired) electrons. The Morgan fingerprint density at radius 1 is 0.714 bits per heavy atom. The van der Waals surface area contributed by atoms with E-state index in [0.29, 0.717) is 0 Å². The van der Waals surface area contributed by atoms with Crippen molar-refractivity contribution in [2.45, 2.75) is 59.3 Å². The summed E-state index contributed by atoms with van der Waals surface area (Å²) < 4.78 is 2.28.